The van der Waals surface area contributed by atoms with Gasteiger partial charge in [0.25, 0.3) is 11.5 Å². The molecule has 0 bridgehead atoms. The molecule has 0 radical (unpaired) electrons. The zero-order valence-electron chi connectivity index (χ0n) is 22.2. The molecule has 43 heavy (non-hydrogen) atoms. The van der Waals surface area contributed by atoms with Crippen LogP contribution in [0.15, 0.2) is 107 Å². The predicted octanol–water partition coefficient (Wildman–Crippen LogP) is 7.70. The van der Waals surface area contributed by atoms with Crippen molar-refractivity contribution in [2.45, 2.75) is 10.9 Å². The summed E-state index contributed by atoms with van der Waals surface area (Å²) in [5.74, 6) is 0.0644. The smallest absolute Gasteiger partial charge is 0.270 e. The first-order valence-corrected chi connectivity index (χ1v) is 15.0. The molecule has 1 aromatic heterocycles. The normalized spacial score (nSPS) is 10.5. The zero-order valence-corrected chi connectivity index (χ0v) is 25.4. The summed E-state index contributed by atoms with van der Waals surface area (Å²) in [7, 11) is 0. The fraction of sp³-hybridized carbons (Fsp3) is 0.0312. The van der Waals surface area contributed by atoms with Gasteiger partial charge in [-0.2, -0.15) is 5.26 Å². The molecule has 4 aromatic carbocycles. The molecule has 0 atom stereocenters. The van der Waals surface area contributed by atoms with E-state index < -0.39 is 11.5 Å². The second kappa shape index (κ2) is 13.7. The van der Waals surface area contributed by atoms with Crippen LogP contribution < -0.4 is 16.2 Å². The van der Waals surface area contributed by atoms with Crippen molar-refractivity contribution >= 4 is 63.9 Å². The Morgan fingerprint density at radius 2 is 1.51 bits per heavy atom. The number of nitrogens with one attached hydrogen (secondary N) is 3. The highest BCUT2D eigenvalue weighted by Crippen LogP contribution is 2.30. The minimum Gasteiger partial charge on any atom is -0.330 e. The van der Waals surface area contributed by atoms with Crippen LogP contribution in [0.5, 0.6) is 0 Å². The molecule has 1 amide bonds. The lowest BCUT2D eigenvalue weighted by atomic mass is 10.0. The van der Waals surface area contributed by atoms with Gasteiger partial charge in [-0.25, -0.2) is 4.98 Å². The fourth-order valence-corrected chi connectivity index (χ4v) is 5.63. The molecular weight excluding hydrogens is 621 g/mol. The maximum Gasteiger partial charge on any atom is 0.270 e. The maximum atomic E-state index is 12.7. The van der Waals surface area contributed by atoms with E-state index in [9.17, 15) is 14.9 Å². The van der Waals surface area contributed by atoms with E-state index >= 15 is 0 Å². The number of H-pyrrole nitrogens is 1. The first-order valence-electron chi connectivity index (χ1n) is 12.8. The molecule has 0 unspecified atom stereocenters. The van der Waals surface area contributed by atoms with Crippen LogP contribution in [-0.4, -0.2) is 21.0 Å². The van der Waals surface area contributed by atoms with Gasteiger partial charge in [-0.05, 0) is 53.2 Å². The number of amides is 1. The van der Waals surface area contributed by atoms with Crippen LogP contribution in [0.3, 0.4) is 0 Å². The first-order chi connectivity index (χ1) is 20.8. The van der Waals surface area contributed by atoms with Crippen molar-refractivity contribution < 1.29 is 4.79 Å². The third kappa shape index (κ3) is 7.31. The van der Waals surface area contributed by atoms with Gasteiger partial charge >= 0.3 is 0 Å². The highest BCUT2D eigenvalue weighted by molar-refractivity contribution is 7.98. The summed E-state index contributed by atoms with van der Waals surface area (Å²) in [6.07, 6.45) is 0. The van der Waals surface area contributed by atoms with Crippen molar-refractivity contribution in [2.75, 3.05) is 5.32 Å². The fourth-order valence-electron chi connectivity index (χ4n) is 4.13. The summed E-state index contributed by atoms with van der Waals surface area (Å²) >= 11 is 18.8. The summed E-state index contributed by atoms with van der Waals surface area (Å²) in [6, 6.07) is 31.4. The molecule has 212 valence electrons. The van der Waals surface area contributed by atoms with E-state index in [1.807, 2.05) is 60.7 Å². The van der Waals surface area contributed by atoms with Gasteiger partial charge in [0.1, 0.15) is 11.6 Å². The van der Waals surface area contributed by atoms with Crippen molar-refractivity contribution in [3.63, 3.8) is 0 Å². The number of hydrogen-bond acceptors (Lipinski definition) is 6. The van der Waals surface area contributed by atoms with Gasteiger partial charge in [-0.3, -0.25) is 14.9 Å². The molecule has 0 aliphatic heterocycles. The number of thioether (sulfide) groups is 1. The molecule has 5 aromatic rings. The quantitative estimate of drug-likeness (QED) is 0.0948. The number of hydrogen-bond donors (Lipinski definition) is 3. The highest BCUT2D eigenvalue weighted by Gasteiger charge is 2.15. The molecule has 7 nitrogen and oxygen atoms in total. The van der Waals surface area contributed by atoms with Crippen LogP contribution in [0.4, 0.5) is 5.69 Å². The van der Waals surface area contributed by atoms with Crippen LogP contribution in [0.2, 0.25) is 10.0 Å². The second-order valence-corrected chi connectivity index (χ2v) is 11.3. The van der Waals surface area contributed by atoms with E-state index in [2.05, 4.69) is 20.6 Å². The van der Waals surface area contributed by atoms with Crippen molar-refractivity contribution in [1.82, 2.24) is 15.3 Å². The van der Waals surface area contributed by atoms with E-state index in [4.69, 9.17) is 35.4 Å². The van der Waals surface area contributed by atoms with Gasteiger partial charge in [0.15, 0.2) is 10.3 Å². The van der Waals surface area contributed by atoms with Gasteiger partial charge < -0.3 is 10.3 Å². The third-order valence-electron chi connectivity index (χ3n) is 6.29. The number of carbonyl (C=O) groups excluding carboxylic acids is 1. The Bertz CT molecular complexity index is 1890. The number of anilines is 1. The topological polar surface area (TPSA) is 111 Å². The number of halogens is 2. The number of thiocarbonyl (C=S) groups is 1. The minimum absolute atomic E-state index is 0.0450. The lowest BCUT2D eigenvalue weighted by Crippen LogP contribution is -2.34. The lowest BCUT2D eigenvalue weighted by Gasteiger charge is -2.12. The molecule has 5 rings (SSSR count). The van der Waals surface area contributed by atoms with Crippen molar-refractivity contribution in [3.8, 4) is 28.5 Å². The maximum absolute atomic E-state index is 12.7. The van der Waals surface area contributed by atoms with E-state index in [1.165, 1.54) is 11.8 Å². The molecule has 0 saturated carbocycles. The van der Waals surface area contributed by atoms with E-state index in [0.717, 1.165) is 16.7 Å². The van der Waals surface area contributed by atoms with Gasteiger partial charge in [-0.1, -0.05) is 108 Å². The molecule has 0 spiro atoms. The number of rotatable bonds is 7. The predicted molar refractivity (Wildman–Crippen MR) is 177 cm³/mol. The van der Waals surface area contributed by atoms with Crippen LogP contribution in [0.25, 0.3) is 22.4 Å². The van der Waals surface area contributed by atoms with E-state index in [0.29, 0.717) is 43.5 Å². The largest absolute Gasteiger partial charge is 0.330 e. The number of para-hydroxylation sites is 1. The Hall–Kier alpha value is -4.46. The molecule has 0 fully saturated rings. The molecule has 0 saturated heterocycles. The van der Waals surface area contributed by atoms with E-state index in [-0.39, 0.29) is 10.7 Å². The van der Waals surface area contributed by atoms with Gasteiger partial charge in [0.2, 0.25) is 0 Å². The average molecular weight is 643 g/mol. The Morgan fingerprint density at radius 1 is 0.884 bits per heavy atom. The van der Waals surface area contributed by atoms with Gasteiger partial charge in [0.05, 0.1) is 21.4 Å². The SMILES string of the molecule is N#Cc1c(-c2ccc(-c3ccccc3)cc2)nc(SCc2ccc(C(=O)NC(=S)Nc3c(Cl)cccc3Cl)cc2)[nH]c1=O. The number of benzene rings is 4. The van der Waals surface area contributed by atoms with Crippen LogP contribution >= 0.6 is 47.2 Å². The van der Waals surface area contributed by atoms with Gasteiger partial charge in [-0.15, -0.1) is 0 Å². The summed E-state index contributed by atoms with van der Waals surface area (Å²) in [6.45, 7) is 0. The summed E-state index contributed by atoms with van der Waals surface area (Å²) in [4.78, 5) is 32.7. The Balaban J connectivity index is 1.25. The van der Waals surface area contributed by atoms with Crippen molar-refractivity contribution in [3.05, 3.63) is 134 Å². The Morgan fingerprint density at radius 3 is 2.16 bits per heavy atom. The summed E-state index contributed by atoms with van der Waals surface area (Å²) in [5, 5.41) is 16.3. The number of nitriles is 1. The molecular formula is C32H21Cl2N5O2S2. The van der Waals surface area contributed by atoms with Crippen LogP contribution in [-0.2, 0) is 5.75 Å². The number of nitrogens with zero attached hydrogens (tertiary/aromatic N) is 2. The molecule has 3 N–H and O–H groups in total. The lowest BCUT2D eigenvalue weighted by molar-refractivity contribution is 0.0977. The summed E-state index contributed by atoms with van der Waals surface area (Å²) in [5.41, 5.74) is 4.22. The monoisotopic (exact) mass is 641 g/mol. The standard InChI is InChI=1S/C32H21Cl2N5O2S2/c33-25-7-4-8-26(34)28(25)36-31(42)38-29(40)23-11-9-19(10-12-23)18-43-32-37-27(24(17-35)30(41)39-32)22-15-13-21(14-16-22)20-5-2-1-3-6-20/h1-16H,18H2,(H,37,39,41)(H2,36,38,40,42). The number of aromatic nitrogens is 2. The van der Waals surface area contributed by atoms with E-state index in [1.54, 1.807) is 42.5 Å². The minimum atomic E-state index is -0.503. The number of aromatic amines is 1. The van der Waals surface area contributed by atoms with Crippen molar-refractivity contribution in [2.24, 2.45) is 0 Å². The van der Waals surface area contributed by atoms with Crippen LogP contribution in [0, 0.1) is 11.3 Å². The zero-order chi connectivity index (χ0) is 30.3. The van der Waals surface area contributed by atoms with Crippen LogP contribution in [0.1, 0.15) is 21.5 Å². The highest BCUT2D eigenvalue weighted by atomic mass is 35.5. The Kier molecular flexibility index (Phi) is 9.55. The molecule has 11 heteroatoms. The molecule has 0 aliphatic carbocycles. The molecule has 0 aliphatic rings. The second-order valence-electron chi connectivity index (χ2n) is 9.14. The average Bonchev–Trinajstić information content (AvgIpc) is 3.02. The van der Waals surface area contributed by atoms with Crippen molar-refractivity contribution in [1.29, 1.82) is 5.26 Å². The number of carbonyl (C=O) groups is 1. The first kappa shape index (κ1) is 30.0. The summed E-state index contributed by atoms with van der Waals surface area (Å²) < 4.78 is 0. The van der Waals surface area contributed by atoms with Gasteiger partial charge in [0, 0.05) is 16.9 Å². The third-order valence-corrected chi connectivity index (χ3v) is 8.07. The molecule has 1 heterocycles. The Labute approximate surface area is 266 Å².